The van der Waals surface area contributed by atoms with E-state index in [0.717, 1.165) is 0 Å². The summed E-state index contributed by atoms with van der Waals surface area (Å²) < 4.78 is 4.55. The molecule has 0 unspecified atom stereocenters. The van der Waals surface area contributed by atoms with E-state index in [4.69, 9.17) is 21.8 Å². The highest BCUT2D eigenvalue weighted by Crippen LogP contribution is 2.26. The van der Waals surface area contributed by atoms with Crippen molar-refractivity contribution in [3.8, 4) is 0 Å². The van der Waals surface area contributed by atoms with Gasteiger partial charge in [-0.2, -0.15) is 0 Å². The van der Waals surface area contributed by atoms with Crippen LogP contribution in [0.4, 0.5) is 0 Å². The minimum absolute atomic E-state index is 0.0468. The number of methoxy groups -OCH3 is 1. The minimum atomic E-state index is -1.19. The Bertz CT molecular complexity index is 455. The van der Waals surface area contributed by atoms with Gasteiger partial charge in [-0.15, -0.1) is 0 Å². The lowest BCUT2D eigenvalue weighted by molar-refractivity contribution is 0.0597. The Morgan fingerprint density at radius 2 is 1.94 bits per heavy atom. The van der Waals surface area contributed by atoms with Crippen molar-refractivity contribution >= 4 is 23.5 Å². The van der Waals surface area contributed by atoms with Crippen LogP contribution in [-0.2, 0) is 11.2 Å². The van der Waals surface area contributed by atoms with Crippen LogP contribution in [0.5, 0.6) is 0 Å². The van der Waals surface area contributed by atoms with Crippen molar-refractivity contribution < 1.29 is 24.5 Å². The van der Waals surface area contributed by atoms with Gasteiger partial charge >= 0.3 is 11.9 Å². The summed E-state index contributed by atoms with van der Waals surface area (Å²) in [6, 6.07) is 2.56. The molecule has 6 heteroatoms. The first-order chi connectivity index (χ1) is 8.02. The van der Waals surface area contributed by atoms with Crippen molar-refractivity contribution in [3.63, 3.8) is 0 Å². The van der Waals surface area contributed by atoms with Crippen LogP contribution in [0, 0.1) is 0 Å². The second-order valence-electron chi connectivity index (χ2n) is 3.22. The zero-order valence-corrected chi connectivity index (χ0v) is 9.82. The number of benzene rings is 1. The van der Waals surface area contributed by atoms with E-state index in [1.54, 1.807) is 0 Å². The summed E-state index contributed by atoms with van der Waals surface area (Å²) in [5, 5.41) is 17.7. The molecule has 1 rings (SSSR count). The average molecular weight is 259 g/mol. The van der Waals surface area contributed by atoms with Gasteiger partial charge < -0.3 is 14.9 Å². The Kier molecular flexibility index (Phi) is 4.48. The molecular formula is C11H11ClO5. The molecule has 0 aliphatic heterocycles. The SMILES string of the molecule is COC(=O)c1ccc(C(=O)O)c(Cl)c1CCO. The lowest BCUT2D eigenvalue weighted by atomic mass is 10.0. The fourth-order valence-corrected chi connectivity index (χ4v) is 1.78. The molecule has 0 aliphatic carbocycles. The second kappa shape index (κ2) is 5.65. The van der Waals surface area contributed by atoms with Gasteiger partial charge in [-0.1, -0.05) is 11.6 Å². The van der Waals surface area contributed by atoms with E-state index in [9.17, 15) is 9.59 Å². The lowest BCUT2D eigenvalue weighted by Crippen LogP contribution is -2.10. The fourth-order valence-electron chi connectivity index (χ4n) is 1.44. The number of ether oxygens (including phenoxy) is 1. The summed E-state index contributed by atoms with van der Waals surface area (Å²) in [5.74, 6) is -1.81. The van der Waals surface area contributed by atoms with Crippen molar-refractivity contribution in [2.24, 2.45) is 0 Å². The van der Waals surface area contributed by atoms with Crippen LogP contribution in [-0.4, -0.2) is 35.9 Å². The van der Waals surface area contributed by atoms with Crippen LogP contribution in [0.2, 0.25) is 5.02 Å². The number of hydrogen-bond acceptors (Lipinski definition) is 4. The average Bonchev–Trinajstić information content (AvgIpc) is 2.30. The largest absolute Gasteiger partial charge is 0.478 e. The van der Waals surface area contributed by atoms with E-state index < -0.39 is 11.9 Å². The van der Waals surface area contributed by atoms with Crippen molar-refractivity contribution in [1.29, 1.82) is 0 Å². The molecule has 1 aromatic carbocycles. The van der Waals surface area contributed by atoms with Gasteiger partial charge in [0.25, 0.3) is 0 Å². The van der Waals surface area contributed by atoms with Gasteiger partial charge in [0.05, 0.1) is 23.3 Å². The number of aliphatic hydroxyl groups excluding tert-OH is 1. The summed E-state index contributed by atoms with van der Waals surface area (Å²) in [7, 11) is 1.21. The van der Waals surface area contributed by atoms with Gasteiger partial charge in [0.2, 0.25) is 0 Å². The number of aromatic carboxylic acids is 1. The van der Waals surface area contributed by atoms with Crippen molar-refractivity contribution in [2.45, 2.75) is 6.42 Å². The molecule has 5 nitrogen and oxygen atoms in total. The smallest absolute Gasteiger partial charge is 0.338 e. The molecule has 0 fully saturated rings. The molecule has 0 radical (unpaired) electrons. The van der Waals surface area contributed by atoms with Crippen LogP contribution in [0.1, 0.15) is 26.3 Å². The van der Waals surface area contributed by atoms with Crippen molar-refractivity contribution in [1.82, 2.24) is 0 Å². The van der Waals surface area contributed by atoms with Crippen LogP contribution in [0.25, 0.3) is 0 Å². The van der Waals surface area contributed by atoms with Gasteiger partial charge in [0.15, 0.2) is 0 Å². The number of rotatable bonds is 4. The zero-order chi connectivity index (χ0) is 13.0. The number of carbonyl (C=O) groups is 2. The quantitative estimate of drug-likeness (QED) is 0.797. The van der Waals surface area contributed by atoms with Gasteiger partial charge in [0, 0.05) is 6.61 Å². The number of aliphatic hydroxyl groups is 1. The Balaban J connectivity index is 3.38. The Hall–Kier alpha value is -1.59. The molecule has 0 saturated heterocycles. The number of carboxylic acids is 1. The molecule has 0 amide bonds. The molecule has 2 N–H and O–H groups in total. The van der Waals surface area contributed by atoms with E-state index in [-0.39, 0.29) is 34.7 Å². The molecular weight excluding hydrogens is 248 g/mol. The number of halogens is 1. The first kappa shape index (κ1) is 13.5. The zero-order valence-electron chi connectivity index (χ0n) is 9.07. The predicted octanol–water partition coefficient (Wildman–Crippen LogP) is 1.36. The molecule has 1 aromatic rings. The summed E-state index contributed by atoms with van der Waals surface area (Å²) in [4.78, 5) is 22.3. The number of hydrogen-bond donors (Lipinski definition) is 2. The monoisotopic (exact) mass is 258 g/mol. The Morgan fingerprint density at radius 1 is 1.35 bits per heavy atom. The molecule has 0 aliphatic rings. The predicted molar refractivity (Wildman–Crippen MR) is 60.5 cm³/mol. The van der Waals surface area contributed by atoms with Gasteiger partial charge in [-0.3, -0.25) is 0 Å². The highest BCUT2D eigenvalue weighted by Gasteiger charge is 2.19. The lowest BCUT2D eigenvalue weighted by Gasteiger charge is -2.10. The van der Waals surface area contributed by atoms with Gasteiger partial charge in [-0.25, -0.2) is 9.59 Å². The van der Waals surface area contributed by atoms with E-state index in [0.29, 0.717) is 0 Å². The standard InChI is InChI=1S/C11H11ClO5/c1-17-11(16)7-2-3-8(10(14)15)9(12)6(7)4-5-13/h2-3,13H,4-5H2,1H3,(H,14,15). The highest BCUT2D eigenvalue weighted by molar-refractivity contribution is 6.34. The maximum absolute atomic E-state index is 11.4. The number of carboxylic acid groups (broad SMARTS) is 1. The topological polar surface area (TPSA) is 83.8 Å². The minimum Gasteiger partial charge on any atom is -0.478 e. The van der Waals surface area contributed by atoms with Crippen molar-refractivity contribution in [2.75, 3.05) is 13.7 Å². The van der Waals surface area contributed by atoms with Gasteiger partial charge in [-0.05, 0) is 24.1 Å². The van der Waals surface area contributed by atoms with E-state index in [2.05, 4.69) is 4.74 Å². The van der Waals surface area contributed by atoms with Crippen LogP contribution < -0.4 is 0 Å². The maximum Gasteiger partial charge on any atom is 0.338 e. The Morgan fingerprint density at radius 3 is 2.41 bits per heavy atom. The van der Waals surface area contributed by atoms with Gasteiger partial charge in [0.1, 0.15) is 0 Å². The molecule has 17 heavy (non-hydrogen) atoms. The summed E-state index contributed by atoms with van der Waals surface area (Å²) in [5.41, 5.74) is 0.334. The molecule has 0 bridgehead atoms. The molecule has 0 spiro atoms. The Labute approximate surface area is 103 Å². The normalized spacial score (nSPS) is 10.1. The van der Waals surface area contributed by atoms with Crippen molar-refractivity contribution in [3.05, 3.63) is 33.8 Å². The van der Waals surface area contributed by atoms with Crippen LogP contribution in [0.15, 0.2) is 12.1 Å². The second-order valence-corrected chi connectivity index (χ2v) is 3.60. The third-order valence-corrected chi connectivity index (χ3v) is 2.67. The van der Waals surface area contributed by atoms with E-state index in [1.165, 1.54) is 19.2 Å². The maximum atomic E-state index is 11.4. The molecule has 0 atom stereocenters. The summed E-state index contributed by atoms with van der Waals surface area (Å²) >= 11 is 5.89. The highest BCUT2D eigenvalue weighted by atomic mass is 35.5. The first-order valence-corrected chi connectivity index (χ1v) is 5.14. The molecule has 92 valence electrons. The molecule has 0 aromatic heterocycles. The van der Waals surface area contributed by atoms with Crippen LogP contribution >= 0.6 is 11.6 Å². The van der Waals surface area contributed by atoms with E-state index in [1.807, 2.05) is 0 Å². The number of carbonyl (C=O) groups excluding carboxylic acids is 1. The first-order valence-electron chi connectivity index (χ1n) is 4.76. The molecule has 0 heterocycles. The van der Waals surface area contributed by atoms with Crippen LogP contribution in [0.3, 0.4) is 0 Å². The summed E-state index contributed by atoms with van der Waals surface area (Å²) in [6.45, 7) is -0.243. The summed E-state index contributed by atoms with van der Waals surface area (Å²) in [6.07, 6.45) is 0.0877. The molecule has 0 saturated carbocycles. The third-order valence-electron chi connectivity index (χ3n) is 2.24. The fraction of sp³-hybridized carbons (Fsp3) is 0.273. The van der Waals surface area contributed by atoms with E-state index >= 15 is 0 Å². The number of esters is 1. The third kappa shape index (κ3) is 2.75.